The molecule has 0 unspecified atom stereocenters. The molecule has 0 atom stereocenters. The zero-order chi connectivity index (χ0) is 11.2. The molecule has 0 radical (unpaired) electrons. The highest BCUT2D eigenvalue weighted by Gasteiger charge is 2.09. The summed E-state index contributed by atoms with van der Waals surface area (Å²) in [5, 5.41) is 8.71. The Morgan fingerprint density at radius 3 is 2.75 bits per heavy atom. The smallest absolute Gasteiger partial charge is 0.0991 e. The van der Waals surface area contributed by atoms with Crippen molar-refractivity contribution in [2.75, 3.05) is 26.3 Å². The molecule has 2 rings (SSSR count). The van der Waals surface area contributed by atoms with Crippen LogP contribution >= 0.6 is 0 Å². The minimum atomic E-state index is 0.725. The van der Waals surface area contributed by atoms with Crippen molar-refractivity contribution in [2.24, 2.45) is 0 Å². The van der Waals surface area contributed by atoms with E-state index < -0.39 is 0 Å². The first-order valence-corrected chi connectivity index (χ1v) is 5.67. The van der Waals surface area contributed by atoms with Crippen LogP contribution in [-0.2, 0) is 11.3 Å². The van der Waals surface area contributed by atoms with Gasteiger partial charge in [-0.2, -0.15) is 5.26 Å². The SMILES string of the molecule is N#Cc1ccc(CN2CCCOCC2)cc1. The van der Waals surface area contributed by atoms with Crippen LogP contribution in [0.5, 0.6) is 0 Å². The van der Waals surface area contributed by atoms with E-state index in [1.807, 2.05) is 24.3 Å². The number of benzene rings is 1. The largest absolute Gasteiger partial charge is 0.380 e. The Morgan fingerprint density at radius 1 is 1.19 bits per heavy atom. The zero-order valence-electron chi connectivity index (χ0n) is 9.35. The van der Waals surface area contributed by atoms with Crippen LogP contribution in [0.3, 0.4) is 0 Å². The van der Waals surface area contributed by atoms with Gasteiger partial charge in [-0.05, 0) is 24.1 Å². The van der Waals surface area contributed by atoms with Gasteiger partial charge in [-0.15, -0.1) is 0 Å². The second-order valence-corrected chi connectivity index (χ2v) is 4.05. The van der Waals surface area contributed by atoms with Gasteiger partial charge in [0.05, 0.1) is 18.2 Å². The van der Waals surface area contributed by atoms with Crippen LogP contribution in [0, 0.1) is 11.3 Å². The van der Waals surface area contributed by atoms with E-state index in [2.05, 4.69) is 11.0 Å². The fraction of sp³-hybridized carbons (Fsp3) is 0.462. The van der Waals surface area contributed by atoms with Gasteiger partial charge in [-0.3, -0.25) is 4.90 Å². The normalized spacial score (nSPS) is 17.7. The van der Waals surface area contributed by atoms with Crippen molar-refractivity contribution in [1.29, 1.82) is 5.26 Å². The average Bonchev–Trinajstić information content (AvgIpc) is 2.59. The molecule has 16 heavy (non-hydrogen) atoms. The summed E-state index contributed by atoms with van der Waals surface area (Å²) in [4.78, 5) is 2.40. The number of nitriles is 1. The van der Waals surface area contributed by atoms with Gasteiger partial charge < -0.3 is 4.74 Å². The fourth-order valence-corrected chi connectivity index (χ4v) is 1.90. The van der Waals surface area contributed by atoms with Gasteiger partial charge in [0.25, 0.3) is 0 Å². The van der Waals surface area contributed by atoms with Gasteiger partial charge in [0.2, 0.25) is 0 Å². The standard InChI is InChI=1S/C13H16N2O/c14-10-12-2-4-13(5-3-12)11-15-6-1-8-16-9-7-15/h2-5H,1,6-9,11H2. The van der Waals surface area contributed by atoms with Crippen molar-refractivity contribution in [2.45, 2.75) is 13.0 Å². The van der Waals surface area contributed by atoms with Gasteiger partial charge in [0.1, 0.15) is 0 Å². The first-order valence-electron chi connectivity index (χ1n) is 5.67. The van der Waals surface area contributed by atoms with E-state index in [-0.39, 0.29) is 0 Å². The summed E-state index contributed by atoms with van der Waals surface area (Å²) >= 11 is 0. The summed E-state index contributed by atoms with van der Waals surface area (Å²) in [6, 6.07) is 9.96. The van der Waals surface area contributed by atoms with E-state index >= 15 is 0 Å². The summed E-state index contributed by atoms with van der Waals surface area (Å²) in [6.07, 6.45) is 1.11. The predicted octanol–water partition coefficient (Wildman–Crippen LogP) is 1.78. The molecule has 3 heteroatoms. The summed E-state index contributed by atoms with van der Waals surface area (Å²) in [5.41, 5.74) is 1.99. The molecule has 0 saturated carbocycles. The first kappa shape index (κ1) is 11.1. The molecule has 1 aromatic carbocycles. The molecule has 0 aromatic heterocycles. The summed E-state index contributed by atoms with van der Waals surface area (Å²) in [6.45, 7) is 4.76. The van der Waals surface area contributed by atoms with Gasteiger partial charge in [0, 0.05) is 26.2 Å². The van der Waals surface area contributed by atoms with Gasteiger partial charge >= 0.3 is 0 Å². The topological polar surface area (TPSA) is 36.3 Å². The Kier molecular flexibility index (Phi) is 3.92. The van der Waals surface area contributed by atoms with Crippen molar-refractivity contribution in [1.82, 2.24) is 4.90 Å². The van der Waals surface area contributed by atoms with Crippen LogP contribution in [-0.4, -0.2) is 31.2 Å². The van der Waals surface area contributed by atoms with E-state index in [4.69, 9.17) is 10.00 Å². The lowest BCUT2D eigenvalue weighted by Crippen LogP contribution is -2.25. The van der Waals surface area contributed by atoms with Crippen molar-refractivity contribution in [3.8, 4) is 6.07 Å². The molecular formula is C13H16N2O. The molecule has 0 aliphatic carbocycles. The highest BCUT2D eigenvalue weighted by molar-refractivity contribution is 5.31. The summed E-state index contributed by atoms with van der Waals surface area (Å²) < 4.78 is 5.41. The van der Waals surface area contributed by atoms with Crippen LogP contribution in [0.2, 0.25) is 0 Å². The monoisotopic (exact) mass is 216 g/mol. The number of ether oxygens (including phenoxy) is 1. The molecule has 0 bridgehead atoms. The highest BCUT2D eigenvalue weighted by atomic mass is 16.5. The van der Waals surface area contributed by atoms with Gasteiger partial charge in [-0.25, -0.2) is 0 Å². The zero-order valence-corrected chi connectivity index (χ0v) is 9.35. The second-order valence-electron chi connectivity index (χ2n) is 4.05. The molecule has 1 aliphatic heterocycles. The maximum absolute atomic E-state index is 8.71. The number of hydrogen-bond donors (Lipinski definition) is 0. The molecule has 1 heterocycles. The molecule has 1 aliphatic rings. The minimum Gasteiger partial charge on any atom is -0.380 e. The van der Waals surface area contributed by atoms with Crippen LogP contribution in [0.15, 0.2) is 24.3 Å². The third-order valence-corrected chi connectivity index (χ3v) is 2.80. The van der Waals surface area contributed by atoms with E-state index in [1.165, 1.54) is 5.56 Å². The lowest BCUT2D eigenvalue weighted by molar-refractivity contribution is 0.140. The number of nitrogens with zero attached hydrogens (tertiary/aromatic N) is 2. The van der Waals surface area contributed by atoms with Crippen LogP contribution in [0.1, 0.15) is 17.5 Å². The van der Waals surface area contributed by atoms with Crippen LogP contribution in [0.4, 0.5) is 0 Å². The van der Waals surface area contributed by atoms with Crippen LogP contribution < -0.4 is 0 Å². The molecular weight excluding hydrogens is 200 g/mol. The maximum Gasteiger partial charge on any atom is 0.0991 e. The van der Waals surface area contributed by atoms with Gasteiger partial charge in [-0.1, -0.05) is 12.1 Å². The first-order chi connectivity index (χ1) is 7.88. The Balaban J connectivity index is 1.94. The van der Waals surface area contributed by atoms with Gasteiger partial charge in [0.15, 0.2) is 0 Å². The number of hydrogen-bond acceptors (Lipinski definition) is 3. The Hall–Kier alpha value is -1.37. The Morgan fingerprint density at radius 2 is 2.00 bits per heavy atom. The molecule has 3 nitrogen and oxygen atoms in total. The molecule has 1 fully saturated rings. The molecule has 1 saturated heterocycles. The predicted molar refractivity (Wildman–Crippen MR) is 61.9 cm³/mol. The lowest BCUT2D eigenvalue weighted by atomic mass is 10.1. The summed E-state index contributed by atoms with van der Waals surface area (Å²) in [5.74, 6) is 0. The van der Waals surface area contributed by atoms with Crippen molar-refractivity contribution in [3.05, 3.63) is 35.4 Å². The van der Waals surface area contributed by atoms with Crippen LogP contribution in [0.25, 0.3) is 0 Å². The maximum atomic E-state index is 8.71. The van der Waals surface area contributed by atoms with E-state index in [0.717, 1.165) is 44.8 Å². The fourth-order valence-electron chi connectivity index (χ4n) is 1.90. The molecule has 0 spiro atoms. The van der Waals surface area contributed by atoms with Crippen molar-refractivity contribution < 1.29 is 4.74 Å². The molecule has 0 amide bonds. The quantitative estimate of drug-likeness (QED) is 0.756. The second kappa shape index (κ2) is 5.64. The van der Waals surface area contributed by atoms with Crippen molar-refractivity contribution >= 4 is 0 Å². The molecule has 84 valence electrons. The third kappa shape index (κ3) is 3.06. The van der Waals surface area contributed by atoms with E-state index in [1.54, 1.807) is 0 Å². The van der Waals surface area contributed by atoms with Crippen molar-refractivity contribution in [3.63, 3.8) is 0 Å². The highest BCUT2D eigenvalue weighted by Crippen LogP contribution is 2.08. The van der Waals surface area contributed by atoms with E-state index in [9.17, 15) is 0 Å². The number of rotatable bonds is 2. The third-order valence-electron chi connectivity index (χ3n) is 2.80. The minimum absolute atomic E-state index is 0.725. The summed E-state index contributed by atoms with van der Waals surface area (Å²) in [7, 11) is 0. The average molecular weight is 216 g/mol. The Bertz CT molecular complexity index is 359. The molecule has 1 aromatic rings. The molecule has 0 N–H and O–H groups in total. The Labute approximate surface area is 96.2 Å². The van der Waals surface area contributed by atoms with E-state index in [0.29, 0.717) is 0 Å². The lowest BCUT2D eigenvalue weighted by Gasteiger charge is -2.18.